The number of hydrogen-bond donors (Lipinski definition) is 2. The average Bonchev–Trinajstić information content (AvgIpc) is 2.41. The lowest BCUT2D eigenvalue weighted by Crippen LogP contribution is -2.15. The van der Waals surface area contributed by atoms with Gasteiger partial charge in [-0.15, -0.1) is 0 Å². The molecule has 1 heterocycles. The number of rotatable bonds is 3. The van der Waals surface area contributed by atoms with E-state index in [-0.39, 0.29) is 11.5 Å². The smallest absolute Gasteiger partial charge is 0.335 e. The second-order valence-electron chi connectivity index (χ2n) is 4.43. The summed E-state index contributed by atoms with van der Waals surface area (Å²) in [4.78, 5) is 27.1. The van der Waals surface area contributed by atoms with Crippen LogP contribution in [0.4, 0.5) is 5.69 Å². The van der Waals surface area contributed by atoms with Crippen LogP contribution in [0.5, 0.6) is 0 Å². The third-order valence-corrected chi connectivity index (χ3v) is 2.97. The molecular weight excluding hydrogens is 256 g/mol. The number of carbonyl (C=O) groups excluding carboxylic acids is 1. The number of aromatic carboxylic acids is 1. The molecule has 1 aromatic carbocycles. The van der Waals surface area contributed by atoms with Gasteiger partial charge in [0.15, 0.2) is 0 Å². The van der Waals surface area contributed by atoms with Crippen molar-refractivity contribution < 1.29 is 14.7 Å². The molecule has 0 spiro atoms. The van der Waals surface area contributed by atoms with Gasteiger partial charge in [0.2, 0.25) is 0 Å². The molecule has 1 amide bonds. The van der Waals surface area contributed by atoms with Gasteiger partial charge >= 0.3 is 5.97 Å². The van der Waals surface area contributed by atoms with Crippen molar-refractivity contribution in [3.8, 4) is 0 Å². The Labute approximate surface area is 116 Å². The molecule has 0 aliphatic heterocycles. The molecule has 0 bridgehead atoms. The van der Waals surface area contributed by atoms with Crippen LogP contribution in [0.2, 0.25) is 0 Å². The topological polar surface area (TPSA) is 79.3 Å². The number of nitrogens with zero attached hydrogens (tertiary/aromatic N) is 1. The molecule has 102 valence electrons. The van der Waals surface area contributed by atoms with E-state index in [2.05, 4.69) is 10.3 Å². The minimum absolute atomic E-state index is 0.193. The Hall–Kier alpha value is -2.69. The molecule has 5 nitrogen and oxygen atoms in total. The van der Waals surface area contributed by atoms with Gasteiger partial charge in [0.25, 0.3) is 5.91 Å². The first-order valence-corrected chi connectivity index (χ1v) is 6.06. The summed E-state index contributed by atoms with van der Waals surface area (Å²) in [5.41, 5.74) is 2.61. The Bertz CT molecular complexity index is 681. The van der Waals surface area contributed by atoms with Gasteiger partial charge in [-0.3, -0.25) is 9.78 Å². The number of nitrogens with one attached hydrogen (secondary N) is 1. The quantitative estimate of drug-likeness (QED) is 0.898. The summed E-state index contributed by atoms with van der Waals surface area (Å²) in [5, 5.41) is 11.7. The molecule has 0 saturated carbocycles. The minimum atomic E-state index is -0.992. The number of aromatic nitrogens is 1. The van der Waals surface area contributed by atoms with E-state index in [1.54, 1.807) is 38.2 Å². The molecule has 2 N–H and O–H groups in total. The van der Waals surface area contributed by atoms with Gasteiger partial charge in [0, 0.05) is 17.6 Å². The van der Waals surface area contributed by atoms with Crippen molar-refractivity contribution in [3.63, 3.8) is 0 Å². The molecule has 0 aliphatic rings. The van der Waals surface area contributed by atoms with Crippen LogP contribution in [0.3, 0.4) is 0 Å². The van der Waals surface area contributed by atoms with Crippen molar-refractivity contribution in [1.82, 2.24) is 4.98 Å². The Kier molecular flexibility index (Phi) is 3.79. The first-order valence-electron chi connectivity index (χ1n) is 6.06. The van der Waals surface area contributed by atoms with Crippen LogP contribution < -0.4 is 5.32 Å². The van der Waals surface area contributed by atoms with Gasteiger partial charge in [-0.1, -0.05) is 0 Å². The molecule has 2 rings (SSSR count). The van der Waals surface area contributed by atoms with Crippen molar-refractivity contribution in [1.29, 1.82) is 0 Å². The summed E-state index contributed by atoms with van der Waals surface area (Å²) in [6, 6.07) is 7.96. The van der Waals surface area contributed by atoms with Crippen LogP contribution in [0, 0.1) is 13.8 Å². The number of carbonyl (C=O) groups is 2. The van der Waals surface area contributed by atoms with E-state index in [1.807, 2.05) is 0 Å². The molecule has 1 aromatic heterocycles. The highest BCUT2D eigenvalue weighted by atomic mass is 16.4. The fourth-order valence-corrected chi connectivity index (χ4v) is 1.85. The van der Waals surface area contributed by atoms with Crippen LogP contribution in [-0.2, 0) is 0 Å². The Morgan fingerprint density at radius 2 is 1.95 bits per heavy atom. The van der Waals surface area contributed by atoms with Gasteiger partial charge in [-0.05, 0) is 49.7 Å². The lowest BCUT2D eigenvalue weighted by Gasteiger charge is -2.10. The molecule has 0 aliphatic carbocycles. The average molecular weight is 270 g/mol. The molecule has 2 aromatic rings. The predicted molar refractivity (Wildman–Crippen MR) is 75.1 cm³/mol. The molecule has 0 radical (unpaired) electrons. The van der Waals surface area contributed by atoms with E-state index < -0.39 is 5.97 Å². The highest BCUT2D eigenvalue weighted by molar-refractivity contribution is 6.05. The maximum Gasteiger partial charge on any atom is 0.335 e. The summed E-state index contributed by atoms with van der Waals surface area (Å²) < 4.78 is 0. The Morgan fingerprint density at radius 3 is 2.55 bits per heavy atom. The lowest BCUT2D eigenvalue weighted by atomic mass is 10.1. The zero-order valence-corrected chi connectivity index (χ0v) is 11.2. The molecule has 0 fully saturated rings. The van der Waals surface area contributed by atoms with Gasteiger partial charge in [0.05, 0.1) is 11.1 Å². The van der Waals surface area contributed by atoms with Crippen LogP contribution in [-0.4, -0.2) is 22.0 Å². The van der Waals surface area contributed by atoms with Gasteiger partial charge in [-0.2, -0.15) is 0 Å². The first kappa shape index (κ1) is 13.7. The zero-order chi connectivity index (χ0) is 14.7. The van der Waals surface area contributed by atoms with Crippen LogP contribution in [0.25, 0.3) is 0 Å². The van der Waals surface area contributed by atoms with E-state index in [0.29, 0.717) is 22.5 Å². The van der Waals surface area contributed by atoms with Gasteiger partial charge < -0.3 is 10.4 Å². The standard InChI is InChI=1S/C15H14N2O3/c1-9-8-11(15(19)20)5-6-13(9)17-14(18)12-4-3-7-16-10(12)2/h3-8H,1-2H3,(H,17,18)(H,19,20). The zero-order valence-electron chi connectivity index (χ0n) is 11.2. The highest BCUT2D eigenvalue weighted by Crippen LogP contribution is 2.18. The molecule has 0 saturated heterocycles. The number of carboxylic acid groups (broad SMARTS) is 1. The van der Waals surface area contributed by atoms with Crippen LogP contribution in [0.1, 0.15) is 32.0 Å². The first-order chi connectivity index (χ1) is 9.49. The number of hydrogen-bond acceptors (Lipinski definition) is 3. The summed E-state index contributed by atoms with van der Waals surface area (Å²) in [7, 11) is 0. The SMILES string of the molecule is Cc1cc(C(=O)O)ccc1NC(=O)c1cccnc1C. The number of amides is 1. The van der Waals surface area contributed by atoms with Crippen molar-refractivity contribution in [2.24, 2.45) is 0 Å². The normalized spacial score (nSPS) is 10.1. The summed E-state index contributed by atoms with van der Waals surface area (Å²) >= 11 is 0. The van der Waals surface area contributed by atoms with E-state index in [1.165, 1.54) is 12.1 Å². The molecule has 0 atom stereocenters. The van der Waals surface area contributed by atoms with Crippen molar-refractivity contribution >= 4 is 17.6 Å². The molecule has 20 heavy (non-hydrogen) atoms. The fourth-order valence-electron chi connectivity index (χ4n) is 1.85. The van der Waals surface area contributed by atoms with Gasteiger partial charge in [0.1, 0.15) is 0 Å². The van der Waals surface area contributed by atoms with Gasteiger partial charge in [-0.25, -0.2) is 4.79 Å². The predicted octanol–water partition coefficient (Wildman–Crippen LogP) is 2.65. The minimum Gasteiger partial charge on any atom is -0.478 e. The second kappa shape index (κ2) is 5.52. The second-order valence-corrected chi connectivity index (χ2v) is 4.43. The molecular formula is C15H14N2O3. The largest absolute Gasteiger partial charge is 0.478 e. The monoisotopic (exact) mass is 270 g/mol. The number of pyridine rings is 1. The van der Waals surface area contributed by atoms with E-state index >= 15 is 0 Å². The Morgan fingerprint density at radius 1 is 1.20 bits per heavy atom. The Balaban J connectivity index is 2.25. The number of benzene rings is 1. The number of aryl methyl sites for hydroxylation is 2. The lowest BCUT2D eigenvalue weighted by molar-refractivity contribution is 0.0696. The summed E-state index contributed by atoms with van der Waals surface area (Å²) in [5.74, 6) is -1.25. The van der Waals surface area contributed by atoms with E-state index in [4.69, 9.17) is 5.11 Å². The third kappa shape index (κ3) is 2.83. The maximum absolute atomic E-state index is 12.1. The van der Waals surface area contributed by atoms with E-state index in [9.17, 15) is 9.59 Å². The molecule has 5 heteroatoms. The summed E-state index contributed by atoms with van der Waals surface area (Å²) in [6.07, 6.45) is 1.62. The third-order valence-electron chi connectivity index (χ3n) is 2.97. The highest BCUT2D eigenvalue weighted by Gasteiger charge is 2.12. The van der Waals surface area contributed by atoms with E-state index in [0.717, 1.165) is 0 Å². The van der Waals surface area contributed by atoms with Crippen LogP contribution >= 0.6 is 0 Å². The van der Waals surface area contributed by atoms with Crippen LogP contribution in [0.15, 0.2) is 36.5 Å². The molecule has 0 unspecified atom stereocenters. The summed E-state index contributed by atoms with van der Waals surface area (Å²) in [6.45, 7) is 3.51. The maximum atomic E-state index is 12.1. The number of anilines is 1. The van der Waals surface area contributed by atoms with Crippen molar-refractivity contribution in [2.45, 2.75) is 13.8 Å². The van der Waals surface area contributed by atoms with Crippen molar-refractivity contribution in [3.05, 3.63) is 58.9 Å². The number of carboxylic acids is 1. The fraction of sp³-hybridized carbons (Fsp3) is 0.133. The van der Waals surface area contributed by atoms with Crippen molar-refractivity contribution in [2.75, 3.05) is 5.32 Å².